The number of amides is 2. The molecule has 0 spiro atoms. The second-order valence-electron chi connectivity index (χ2n) is 9.71. The lowest BCUT2D eigenvalue weighted by Crippen LogP contribution is -2.37. The van der Waals surface area contributed by atoms with Crippen LogP contribution in [0, 0.1) is 0 Å². The molecule has 0 bridgehead atoms. The van der Waals surface area contributed by atoms with E-state index in [0.29, 0.717) is 30.7 Å². The van der Waals surface area contributed by atoms with E-state index in [1.807, 2.05) is 60.8 Å². The van der Waals surface area contributed by atoms with Crippen LogP contribution in [0.4, 0.5) is 16.4 Å². The molecule has 0 radical (unpaired) electrons. The Morgan fingerprint density at radius 2 is 1.92 bits per heavy atom. The number of benzene rings is 2. The number of ether oxygens (including phenoxy) is 1. The fraction of sp³-hybridized carbons (Fsp3) is 0.357. The summed E-state index contributed by atoms with van der Waals surface area (Å²) in [6, 6.07) is 17.5. The molecule has 0 aliphatic carbocycles. The summed E-state index contributed by atoms with van der Waals surface area (Å²) in [6.45, 7) is 6.87. The average Bonchev–Trinajstić information content (AvgIpc) is 3.37. The molecule has 1 fully saturated rings. The third-order valence-electron chi connectivity index (χ3n) is 6.52. The van der Waals surface area contributed by atoms with Crippen molar-refractivity contribution >= 4 is 23.3 Å². The van der Waals surface area contributed by atoms with Crippen molar-refractivity contribution in [1.82, 2.24) is 30.2 Å². The van der Waals surface area contributed by atoms with Gasteiger partial charge in [-0.25, -0.2) is 4.79 Å². The minimum Gasteiger partial charge on any atom is -0.459 e. The summed E-state index contributed by atoms with van der Waals surface area (Å²) in [5.74, 6) is 0.780. The molecule has 3 heterocycles. The summed E-state index contributed by atoms with van der Waals surface area (Å²) in [7, 11) is 0. The largest absolute Gasteiger partial charge is 0.459 e. The Hall–Kier alpha value is -4.18. The van der Waals surface area contributed by atoms with Crippen molar-refractivity contribution in [3.8, 4) is 6.01 Å². The second kappa shape index (κ2) is 11.9. The number of carbonyl (C=O) groups is 1. The number of hydrogen-bond donors (Lipinski definition) is 4. The lowest BCUT2D eigenvalue weighted by atomic mass is 10.1. The molecule has 1 aliphatic rings. The number of nitrogens with zero attached hydrogens (tertiary/aromatic N) is 4. The highest BCUT2D eigenvalue weighted by Gasteiger charge is 2.20. The predicted molar refractivity (Wildman–Crippen MR) is 147 cm³/mol. The Morgan fingerprint density at radius 3 is 2.71 bits per heavy atom. The van der Waals surface area contributed by atoms with Crippen molar-refractivity contribution in [3.63, 3.8) is 0 Å². The van der Waals surface area contributed by atoms with Crippen LogP contribution >= 0.6 is 0 Å². The van der Waals surface area contributed by atoms with Gasteiger partial charge in [0, 0.05) is 30.9 Å². The number of urea groups is 1. The second-order valence-corrected chi connectivity index (χ2v) is 9.71. The van der Waals surface area contributed by atoms with Crippen LogP contribution in [0.3, 0.4) is 0 Å². The number of aromatic nitrogens is 4. The number of rotatable bonds is 9. The molecule has 0 saturated carbocycles. The van der Waals surface area contributed by atoms with Crippen molar-refractivity contribution in [2.24, 2.45) is 0 Å². The zero-order valence-corrected chi connectivity index (χ0v) is 21.8. The van der Waals surface area contributed by atoms with Crippen LogP contribution in [0.1, 0.15) is 49.3 Å². The first-order chi connectivity index (χ1) is 18.6. The predicted octanol–water partition coefficient (Wildman–Crippen LogP) is 4.31. The Kier molecular flexibility index (Phi) is 7.98. The average molecular weight is 515 g/mol. The maximum Gasteiger partial charge on any atom is 0.322 e. The van der Waals surface area contributed by atoms with E-state index in [0.717, 1.165) is 48.3 Å². The molecule has 10 nitrogen and oxygen atoms in total. The summed E-state index contributed by atoms with van der Waals surface area (Å²) in [5.41, 5.74) is 4.41. The maximum absolute atomic E-state index is 12.6. The van der Waals surface area contributed by atoms with E-state index in [4.69, 9.17) is 9.72 Å². The van der Waals surface area contributed by atoms with Gasteiger partial charge in [0.15, 0.2) is 5.65 Å². The van der Waals surface area contributed by atoms with Crippen molar-refractivity contribution in [2.45, 2.75) is 51.8 Å². The molecule has 5 rings (SSSR count). The van der Waals surface area contributed by atoms with Gasteiger partial charge in [0.1, 0.15) is 6.10 Å². The fourth-order valence-corrected chi connectivity index (χ4v) is 4.43. The van der Waals surface area contributed by atoms with E-state index in [1.54, 1.807) is 4.52 Å². The third-order valence-corrected chi connectivity index (χ3v) is 6.52. The number of fused-ring (bicyclic) bond motifs is 1. The number of carbonyl (C=O) groups excluding carboxylic acids is 1. The third kappa shape index (κ3) is 6.20. The van der Waals surface area contributed by atoms with Gasteiger partial charge in [-0.1, -0.05) is 62.4 Å². The van der Waals surface area contributed by atoms with Crippen LogP contribution in [0.15, 0.2) is 60.8 Å². The highest BCUT2D eigenvalue weighted by molar-refractivity contribution is 5.90. The van der Waals surface area contributed by atoms with Gasteiger partial charge in [-0.2, -0.15) is 19.6 Å². The van der Waals surface area contributed by atoms with Gasteiger partial charge < -0.3 is 26.0 Å². The number of nitrogens with one attached hydrogen (secondary N) is 4. The van der Waals surface area contributed by atoms with E-state index in [2.05, 4.69) is 45.2 Å². The zero-order valence-electron chi connectivity index (χ0n) is 21.8. The van der Waals surface area contributed by atoms with E-state index in [-0.39, 0.29) is 18.1 Å². The van der Waals surface area contributed by atoms with E-state index >= 15 is 0 Å². The van der Waals surface area contributed by atoms with Crippen molar-refractivity contribution in [3.05, 3.63) is 77.5 Å². The Balaban J connectivity index is 1.32. The van der Waals surface area contributed by atoms with Crippen molar-refractivity contribution < 1.29 is 9.53 Å². The zero-order chi connectivity index (χ0) is 26.3. The number of anilines is 2. The van der Waals surface area contributed by atoms with Crippen LogP contribution in [0.5, 0.6) is 6.01 Å². The normalized spacial score (nSPS) is 15.4. The lowest BCUT2D eigenvalue weighted by molar-refractivity contribution is 0.153. The molecule has 0 unspecified atom stereocenters. The molecule has 198 valence electrons. The topological polar surface area (TPSA) is 118 Å². The quantitative estimate of drug-likeness (QED) is 0.263. The Labute approximate surface area is 222 Å². The summed E-state index contributed by atoms with van der Waals surface area (Å²) in [4.78, 5) is 22.0. The number of para-hydroxylation sites is 1. The first kappa shape index (κ1) is 25.5. The first-order valence-electron chi connectivity index (χ1n) is 13.1. The standard InChI is InChI=1S/C28H34N8O2/c1-19(2)23-18-32-36-25(23)34-28(38-22-12-8-14-29-17-22)35-26(36)30-16-21-11-6-7-13-24(21)33-27(37)31-15-20-9-4-3-5-10-20/h3-7,9-11,13,18-19,22,29H,8,12,14-17H2,1-2H3,(H,30,34,35)(H2,31,33,37)/t22-/m1/s1. The van der Waals surface area contributed by atoms with Gasteiger partial charge in [-0.05, 0) is 42.5 Å². The number of piperidine rings is 1. The lowest BCUT2D eigenvalue weighted by Gasteiger charge is -2.23. The van der Waals surface area contributed by atoms with Gasteiger partial charge in [0.25, 0.3) is 0 Å². The van der Waals surface area contributed by atoms with Crippen LogP contribution in [0.25, 0.3) is 5.65 Å². The van der Waals surface area contributed by atoms with E-state index < -0.39 is 0 Å². The molecule has 10 heteroatoms. The molecular formula is C28H34N8O2. The molecular weight excluding hydrogens is 480 g/mol. The smallest absolute Gasteiger partial charge is 0.322 e. The van der Waals surface area contributed by atoms with Gasteiger partial charge in [-0.15, -0.1) is 0 Å². The van der Waals surface area contributed by atoms with Gasteiger partial charge in [0.05, 0.1) is 6.20 Å². The molecule has 2 aromatic heterocycles. The summed E-state index contributed by atoms with van der Waals surface area (Å²) >= 11 is 0. The van der Waals surface area contributed by atoms with E-state index in [9.17, 15) is 4.79 Å². The molecule has 1 atom stereocenters. The molecule has 1 saturated heterocycles. The molecule has 2 aromatic carbocycles. The van der Waals surface area contributed by atoms with Crippen molar-refractivity contribution in [2.75, 3.05) is 23.7 Å². The van der Waals surface area contributed by atoms with Gasteiger partial charge >= 0.3 is 12.0 Å². The molecule has 38 heavy (non-hydrogen) atoms. The maximum atomic E-state index is 12.6. The van der Waals surface area contributed by atoms with Gasteiger partial charge in [0.2, 0.25) is 5.95 Å². The first-order valence-corrected chi connectivity index (χ1v) is 13.1. The van der Waals surface area contributed by atoms with E-state index in [1.165, 1.54) is 0 Å². The SMILES string of the molecule is CC(C)c1cnn2c(NCc3ccccc3NC(=O)NCc3ccccc3)nc(O[C@@H]3CCCNC3)nc12. The summed E-state index contributed by atoms with van der Waals surface area (Å²) in [5, 5.41) is 17.2. The minimum absolute atomic E-state index is 0.0313. The fourth-order valence-electron chi connectivity index (χ4n) is 4.43. The van der Waals surface area contributed by atoms with Crippen LogP contribution < -0.4 is 26.0 Å². The van der Waals surface area contributed by atoms with Crippen molar-refractivity contribution in [1.29, 1.82) is 0 Å². The molecule has 2 amide bonds. The summed E-state index contributed by atoms with van der Waals surface area (Å²) in [6.07, 6.45) is 3.89. The highest BCUT2D eigenvalue weighted by atomic mass is 16.5. The minimum atomic E-state index is -0.267. The number of hydrogen-bond acceptors (Lipinski definition) is 7. The van der Waals surface area contributed by atoms with Gasteiger partial charge in [-0.3, -0.25) is 0 Å². The molecule has 1 aliphatic heterocycles. The molecule has 4 N–H and O–H groups in total. The molecule has 4 aromatic rings. The Bertz CT molecular complexity index is 1370. The van der Waals surface area contributed by atoms with Crippen LogP contribution in [-0.4, -0.2) is 44.8 Å². The highest BCUT2D eigenvalue weighted by Crippen LogP contribution is 2.24. The van der Waals surface area contributed by atoms with Crippen LogP contribution in [-0.2, 0) is 13.1 Å². The Morgan fingerprint density at radius 1 is 1.11 bits per heavy atom. The van der Waals surface area contributed by atoms with Crippen LogP contribution in [0.2, 0.25) is 0 Å². The summed E-state index contributed by atoms with van der Waals surface area (Å²) < 4.78 is 7.88. The monoisotopic (exact) mass is 514 g/mol.